The summed E-state index contributed by atoms with van der Waals surface area (Å²) < 4.78 is 30.2. The molecule has 1 spiro atoms. The summed E-state index contributed by atoms with van der Waals surface area (Å²) >= 11 is 0. The highest BCUT2D eigenvalue weighted by molar-refractivity contribution is 7.87. The molecule has 9 nitrogen and oxygen atoms in total. The minimum Gasteiger partial charge on any atom is -0.364 e. The Kier molecular flexibility index (Phi) is 3.28. The fourth-order valence-electron chi connectivity index (χ4n) is 2.88. The molecule has 1 aromatic rings. The van der Waals surface area contributed by atoms with Crippen LogP contribution in [0.4, 0.5) is 0 Å². The third kappa shape index (κ3) is 2.67. The Hall–Kier alpha value is -1.49. The summed E-state index contributed by atoms with van der Waals surface area (Å²) in [5.74, 6) is -0.585. The van der Waals surface area contributed by atoms with E-state index in [0.29, 0.717) is 19.6 Å². The molecular formula is C11H18N6O3S. The van der Waals surface area contributed by atoms with Crippen molar-refractivity contribution in [2.45, 2.75) is 25.6 Å². The van der Waals surface area contributed by atoms with E-state index in [1.54, 1.807) is 10.7 Å². The van der Waals surface area contributed by atoms with Crippen molar-refractivity contribution < 1.29 is 13.2 Å². The Morgan fingerprint density at radius 3 is 2.86 bits per heavy atom. The number of nitrogens with zero attached hydrogens (tertiary/aromatic N) is 3. The topological polar surface area (TPSA) is 122 Å². The first-order valence-corrected chi connectivity index (χ1v) is 8.18. The van der Waals surface area contributed by atoms with Crippen LogP contribution in [0.3, 0.4) is 0 Å². The smallest absolute Gasteiger partial charge is 0.277 e. The zero-order valence-electron chi connectivity index (χ0n) is 11.7. The van der Waals surface area contributed by atoms with Gasteiger partial charge in [0.25, 0.3) is 16.1 Å². The number of nitrogens with one attached hydrogen (secondary N) is 2. The molecule has 1 fully saturated rings. The van der Waals surface area contributed by atoms with Crippen LogP contribution >= 0.6 is 0 Å². The van der Waals surface area contributed by atoms with Crippen molar-refractivity contribution in [2.75, 3.05) is 19.6 Å². The molecule has 21 heavy (non-hydrogen) atoms. The van der Waals surface area contributed by atoms with E-state index in [2.05, 4.69) is 19.4 Å². The zero-order chi connectivity index (χ0) is 15.3. The number of carbonyl (C=O) groups is 1. The predicted octanol–water partition coefficient (Wildman–Crippen LogP) is -2.01. The highest BCUT2D eigenvalue weighted by Gasteiger charge is 2.44. The average Bonchev–Trinajstić information content (AvgIpc) is 2.87. The molecule has 3 rings (SSSR count). The van der Waals surface area contributed by atoms with E-state index < -0.39 is 21.7 Å². The van der Waals surface area contributed by atoms with Gasteiger partial charge in [-0.3, -0.25) is 14.4 Å². The lowest BCUT2D eigenvalue weighted by Crippen LogP contribution is -2.53. The Morgan fingerprint density at radius 1 is 1.52 bits per heavy atom. The van der Waals surface area contributed by atoms with Crippen LogP contribution in [0.2, 0.25) is 0 Å². The molecule has 0 saturated carbocycles. The van der Waals surface area contributed by atoms with Gasteiger partial charge in [-0.15, -0.1) is 0 Å². The molecule has 0 aromatic carbocycles. The molecular weight excluding hydrogens is 296 g/mol. The van der Waals surface area contributed by atoms with E-state index in [4.69, 9.17) is 5.73 Å². The van der Waals surface area contributed by atoms with Crippen molar-refractivity contribution in [3.8, 4) is 0 Å². The van der Waals surface area contributed by atoms with Gasteiger partial charge in [0, 0.05) is 19.6 Å². The maximum absolute atomic E-state index is 11.7. The molecule has 0 radical (unpaired) electrons. The molecule has 2 aliphatic rings. The first kappa shape index (κ1) is 14.4. The number of fused-ring (bicyclic) bond motifs is 1. The zero-order valence-corrected chi connectivity index (χ0v) is 12.5. The molecule has 0 aliphatic carbocycles. The standard InChI is InChI=1S/C11H18N6O3S/c1-2-16-4-8-3-9(10(12)18)14-17(8)7-11(6-16)5-13-21(19,20)15-11/h3,13,15H,2,4-7H2,1H3,(H2,12,18). The van der Waals surface area contributed by atoms with Gasteiger partial charge in [0.15, 0.2) is 0 Å². The predicted molar refractivity (Wildman–Crippen MR) is 74.5 cm³/mol. The van der Waals surface area contributed by atoms with Crippen LogP contribution < -0.4 is 15.2 Å². The Labute approximate surface area is 122 Å². The number of likely N-dealkylation sites (N-methyl/N-ethyl adjacent to an activating group) is 1. The summed E-state index contributed by atoms with van der Waals surface area (Å²) in [6, 6.07) is 1.67. The van der Waals surface area contributed by atoms with Crippen molar-refractivity contribution in [3.63, 3.8) is 0 Å². The SMILES string of the molecule is CCN1Cc2cc(C(N)=O)nn2CC2(CNS(=O)(=O)N2)C1. The summed E-state index contributed by atoms with van der Waals surface area (Å²) in [7, 11) is -3.47. The van der Waals surface area contributed by atoms with Crippen LogP contribution in [0.1, 0.15) is 23.1 Å². The number of nitrogens with two attached hydrogens (primary N) is 1. The van der Waals surface area contributed by atoms with Crippen LogP contribution in [0.15, 0.2) is 6.07 Å². The van der Waals surface area contributed by atoms with Gasteiger partial charge in [-0.25, -0.2) is 4.72 Å². The molecule has 0 bridgehead atoms. The van der Waals surface area contributed by atoms with Crippen molar-refractivity contribution in [1.82, 2.24) is 24.1 Å². The van der Waals surface area contributed by atoms with Crippen LogP contribution in [-0.2, 0) is 23.3 Å². The van der Waals surface area contributed by atoms with Gasteiger partial charge in [0.1, 0.15) is 5.69 Å². The number of primary amides is 1. The van der Waals surface area contributed by atoms with E-state index in [9.17, 15) is 13.2 Å². The highest BCUT2D eigenvalue weighted by atomic mass is 32.2. The number of amides is 1. The van der Waals surface area contributed by atoms with Crippen LogP contribution in [0.25, 0.3) is 0 Å². The van der Waals surface area contributed by atoms with Crippen LogP contribution in [-0.4, -0.2) is 54.2 Å². The van der Waals surface area contributed by atoms with Gasteiger partial charge >= 0.3 is 0 Å². The largest absolute Gasteiger partial charge is 0.364 e. The molecule has 10 heteroatoms. The lowest BCUT2D eigenvalue weighted by Gasteiger charge is -2.30. The van der Waals surface area contributed by atoms with Crippen LogP contribution in [0, 0.1) is 0 Å². The van der Waals surface area contributed by atoms with Crippen LogP contribution in [0.5, 0.6) is 0 Å². The third-order valence-corrected chi connectivity index (χ3v) is 5.10. The summed E-state index contributed by atoms with van der Waals surface area (Å²) in [5, 5.41) is 4.20. The molecule has 1 atom stereocenters. The number of rotatable bonds is 2. The van der Waals surface area contributed by atoms with E-state index in [1.807, 2.05) is 6.92 Å². The first-order chi connectivity index (χ1) is 9.82. The molecule has 1 saturated heterocycles. The maximum atomic E-state index is 11.7. The monoisotopic (exact) mass is 314 g/mol. The summed E-state index contributed by atoms with van der Waals surface area (Å²) in [5.41, 5.74) is 5.66. The van der Waals surface area contributed by atoms with E-state index in [0.717, 1.165) is 12.2 Å². The van der Waals surface area contributed by atoms with E-state index >= 15 is 0 Å². The maximum Gasteiger partial charge on any atom is 0.277 e. The van der Waals surface area contributed by atoms with Gasteiger partial charge in [-0.05, 0) is 12.6 Å². The summed E-state index contributed by atoms with van der Waals surface area (Å²) in [6.45, 7) is 4.59. The lowest BCUT2D eigenvalue weighted by molar-refractivity contribution is 0.0994. The number of hydrogen-bond acceptors (Lipinski definition) is 5. The molecule has 116 valence electrons. The quantitative estimate of drug-likeness (QED) is 0.582. The highest BCUT2D eigenvalue weighted by Crippen LogP contribution is 2.23. The molecule has 3 heterocycles. The summed E-state index contributed by atoms with van der Waals surface area (Å²) in [6.07, 6.45) is 0. The Balaban J connectivity index is 2.00. The van der Waals surface area contributed by atoms with E-state index in [-0.39, 0.29) is 12.2 Å². The number of aromatic nitrogens is 2. The Morgan fingerprint density at radius 2 is 2.29 bits per heavy atom. The van der Waals surface area contributed by atoms with Gasteiger partial charge in [0.05, 0.1) is 17.8 Å². The van der Waals surface area contributed by atoms with Gasteiger partial charge < -0.3 is 5.73 Å². The Bertz CT molecular complexity index is 684. The third-order valence-electron chi connectivity index (χ3n) is 3.88. The minimum absolute atomic E-state index is 0.201. The van der Waals surface area contributed by atoms with Crippen molar-refractivity contribution >= 4 is 16.1 Å². The molecule has 1 aromatic heterocycles. The fraction of sp³-hybridized carbons (Fsp3) is 0.636. The van der Waals surface area contributed by atoms with Gasteiger partial charge in [-0.1, -0.05) is 6.92 Å². The van der Waals surface area contributed by atoms with E-state index in [1.165, 1.54) is 0 Å². The van der Waals surface area contributed by atoms with Crippen molar-refractivity contribution in [3.05, 3.63) is 17.5 Å². The lowest BCUT2D eigenvalue weighted by atomic mass is 10.0. The fourth-order valence-corrected chi connectivity index (χ4v) is 4.19. The average molecular weight is 314 g/mol. The second kappa shape index (κ2) is 4.77. The van der Waals surface area contributed by atoms with Gasteiger partial charge in [0.2, 0.25) is 0 Å². The second-order valence-electron chi connectivity index (χ2n) is 5.55. The summed E-state index contributed by atoms with van der Waals surface area (Å²) in [4.78, 5) is 13.4. The second-order valence-corrected chi connectivity index (χ2v) is 7.05. The molecule has 1 amide bonds. The minimum atomic E-state index is -3.47. The number of hydrogen-bond donors (Lipinski definition) is 3. The molecule has 1 unspecified atom stereocenters. The molecule has 2 aliphatic heterocycles. The van der Waals surface area contributed by atoms with Gasteiger partial charge in [-0.2, -0.15) is 18.2 Å². The van der Waals surface area contributed by atoms with Crippen molar-refractivity contribution in [1.29, 1.82) is 0 Å². The molecule has 4 N–H and O–H groups in total. The number of carbonyl (C=O) groups excluding carboxylic acids is 1. The normalized spacial score (nSPS) is 28.4. The first-order valence-electron chi connectivity index (χ1n) is 6.70. The van der Waals surface area contributed by atoms with Crippen molar-refractivity contribution in [2.24, 2.45) is 5.73 Å².